The van der Waals surface area contributed by atoms with Crippen molar-refractivity contribution in [2.24, 2.45) is 0 Å². The number of ether oxygens (including phenoxy) is 2. The summed E-state index contributed by atoms with van der Waals surface area (Å²) in [6.07, 6.45) is 1.34. The minimum Gasteiger partial charge on any atom is -0.461 e. The second-order valence-electron chi connectivity index (χ2n) is 8.97. The van der Waals surface area contributed by atoms with Crippen LogP contribution in [-0.4, -0.2) is 52.0 Å². The van der Waals surface area contributed by atoms with Gasteiger partial charge in [0.1, 0.15) is 5.60 Å². The Balaban J connectivity index is 1.74. The molecule has 2 aliphatic rings. The molecule has 1 aromatic carbocycles. The molecule has 2 aliphatic heterocycles. The number of carbonyl (C=O) groups is 2. The van der Waals surface area contributed by atoms with Crippen molar-refractivity contribution in [1.82, 2.24) is 14.7 Å². The van der Waals surface area contributed by atoms with Crippen LogP contribution in [-0.2, 0) is 15.2 Å². The maximum absolute atomic E-state index is 12.7. The highest BCUT2D eigenvalue weighted by Crippen LogP contribution is 2.47. The fourth-order valence-electron chi connectivity index (χ4n) is 4.15. The molecule has 1 unspecified atom stereocenters. The summed E-state index contributed by atoms with van der Waals surface area (Å²) in [5.74, 6) is 0.163. The SMILES string of the molecule is CCOC(=O)c1nn(C2CCCN(C(=O)OC(C)(C)C)C2)c2c1CSc1c(Cl)cccc1-2. The van der Waals surface area contributed by atoms with Gasteiger partial charge in [0.25, 0.3) is 0 Å². The molecule has 3 heterocycles. The van der Waals surface area contributed by atoms with Crippen LogP contribution in [0.5, 0.6) is 0 Å². The van der Waals surface area contributed by atoms with Gasteiger partial charge in [0.15, 0.2) is 5.69 Å². The molecule has 1 saturated heterocycles. The number of likely N-dealkylation sites (tertiary alicyclic amines) is 1. The Labute approximate surface area is 197 Å². The Morgan fingerprint density at radius 3 is 2.81 bits per heavy atom. The number of fused-ring (bicyclic) bond motifs is 3. The molecule has 0 bridgehead atoms. The number of halogens is 1. The van der Waals surface area contributed by atoms with E-state index >= 15 is 0 Å². The van der Waals surface area contributed by atoms with Gasteiger partial charge in [-0.15, -0.1) is 11.8 Å². The summed E-state index contributed by atoms with van der Waals surface area (Å²) in [6, 6.07) is 5.71. The molecule has 0 N–H and O–H groups in total. The molecule has 0 aliphatic carbocycles. The Morgan fingerprint density at radius 1 is 1.31 bits per heavy atom. The molecule has 1 aromatic heterocycles. The van der Waals surface area contributed by atoms with Gasteiger partial charge < -0.3 is 14.4 Å². The number of nitrogens with zero attached hydrogens (tertiary/aromatic N) is 3. The molecule has 32 heavy (non-hydrogen) atoms. The van der Waals surface area contributed by atoms with E-state index in [1.54, 1.807) is 23.6 Å². The lowest BCUT2D eigenvalue weighted by Gasteiger charge is -2.35. The number of esters is 1. The number of thioether (sulfide) groups is 1. The van der Waals surface area contributed by atoms with E-state index in [1.165, 1.54) is 0 Å². The maximum atomic E-state index is 12.7. The van der Waals surface area contributed by atoms with Gasteiger partial charge in [-0.2, -0.15) is 5.10 Å². The van der Waals surface area contributed by atoms with Gasteiger partial charge in [-0.05, 0) is 46.6 Å². The molecule has 9 heteroatoms. The van der Waals surface area contributed by atoms with E-state index in [9.17, 15) is 9.59 Å². The van der Waals surface area contributed by atoms with Crippen LogP contribution in [0.25, 0.3) is 11.3 Å². The van der Waals surface area contributed by atoms with Crippen LogP contribution >= 0.6 is 23.4 Å². The van der Waals surface area contributed by atoms with E-state index < -0.39 is 11.6 Å². The van der Waals surface area contributed by atoms with Crippen LogP contribution in [0.4, 0.5) is 4.79 Å². The standard InChI is InChI=1S/C23H28ClN3O4S/c1-5-30-21(28)18-16-13-32-20-15(9-6-10-17(20)24)19(16)27(25-18)14-8-7-11-26(12-14)22(29)31-23(2,3)4/h6,9-10,14H,5,7-8,11-13H2,1-4H3. The highest BCUT2D eigenvalue weighted by molar-refractivity contribution is 7.98. The van der Waals surface area contributed by atoms with Crippen LogP contribution in [0.2, 0.25) is 5.02 Å². The van der Waals surface area contributed by atoms with Crippen molar-refractivity contribution >= 4 is 35.4 Å². The first-order chi connectivity index (χ1) is 15.2. The Bertz CT molecular complexity index is 1050. The Kier molecular flexibility index (Phi) is 6.45. The van der Waals surface area contributed by atoms with Crippen molar-refractivity contribution < 1.29 is 19.1 Å². The van der Waals surface area contributed by atoms with E-state index in [0.717, 1.165) is 34.6 Å². The summed E-state index contributed by atoms with van der Waals surface area (Å²) >= 11 is 8.08. The maximum Gasteiger partial charge on any atom is 0.410 e. The van der Waals surface area contributed by atoms with Crippen molar-refractivity contribution in [2.45, 2.75) is 62.8 Å². The predicted octanol–water partition coefficient (Wildman–Crippen LogP) is 5.56. The number of hydrogen-bond donors (Lipinski definition) is 0. The van der Waals surface area contributed by atoms with Crippen molar-refractivity contribution in [2.75, 3.05) is 19.7 Å². The normalized spacial score (nSPS) is 18.0. The molecule has 1 fully saturated rings. The molecule has 7 nitrogen and oxygen atoms in total. The average Bonchev–Trinajstić information content (AvgIpc) is 3.13. The third kappa shape index (κ3) is 4.48. The number of amides is 1. The third-order valence-electron chi connectivity index (χ3n) is 5.45. The summed E-state index contributed by atoms with van der Waals surface area (Å²) in [6.45, 7) is 8.75. The average molecular weight is 478 g/mol. The zero-order chi connectivity index (χ0) is 23.0. The zero-order valence-corrected chi connectivity index (χ0v) is 20.4. The van der Waals surface area contributed by atoms with E-state index in [1.807, 2.05) is 43.7 Å². The van der Waals surface area contributed by atoms with Gasteiger partial charge in [0, 0.05) is 34.9 Å². The number of rotatable bonds is 3. The molecule has 172 valence electrons. The highest BCUT2D eigenvalue weighted by atomic mass is 35.5. The van der Waals surface area contributed by atoms with Crippen LogP contribution in [0, 0.1) is 0 Å². The highest BCUT2D eigenvalue weighted by Gasteiger charge is 2.35. The lowest BCUT2D eigenvalue weighted by molar-refractivity contribution is 0.0166. The van der Waals surface area contributed by atoms with Gasteiger partial charge in [-0.3, -0.25) is 4.68 Å². The number of benzene rings is 1. The molecule has 0 radical (unpaired) electrons. The van der Waals surface area contributed by atoms with E-state index in [-0.39, 0.29) is 18.7 Å². The Hall–Kier alpha value is -2.19. The molecule has 1 atom stereocenters. The van der Waals surface area contributed by atoms with E-state index in [4.69, 9.17) is 26.2 Å². The number of piperidine rings is 1. The number of hydrogen-bond acceptors (Lipinski definition) is 6. The van der Waals surface area contributed by atoms with Gasteiger partial charge in [0.05, 0.1) is 23.4 Å². The van der Waals surface area contributed by atoms with Crippen molar-refractivity contribution in [1.29, 1.82) is 0 Å². The van der Waals surface area contributed by atoms with E-state index in [2.05, 4.69) is 0 Å². The molecule has 2 aromatic rings. The van der Waals surface area contributed by atoms with Gasteiger partial charge >= 0.3 is 12.1 Å². The predicted molar refractivity (Wildman–Crippen MR) is 124 cm³/mol. The zero-order valence-electron chi connectivity index (χ0n) is 18.8. The number of carbonyl (C=O) groups excluding carboxylic acids is 2. The molecule has 0 spiro atoms. The van der Waals surface area contributed by atoms with E-state index in [0.29, 0.717) is 29.6 Å². The fraction of sp³-hybridized carbons (Fsp3) is 0.522. The lowest BCUT2D eigenvalue weighted by atomic mass is 10.0. The summed E-state index contributed by atoms with van der Waals surface area (Å²) in [5, 5.41) is 5.42. The molecule has 0 saturated carbocycles. The molecule has 4 rings (SSSR count). The van der Waals surface area contributed by atoms with Crippen LogP contribution in [0.3, 0.4) is 0 Å². The summed E-state index contributed by atoms with van der Waals surface area (Å²) in [5.41, 5.74) is 2.49. The van der Waals surface area contributed by atoms with Crippen LogP contribution in [0.15, 0.2) is 23.1 Å². The first-order valence-corrected chi connectivity index (χ1v) is 12.2. The summed E-state index contributed by atoms with van der Waals surface area (Å²) in [7, 11) is 0. The van der Waals surface area contributed by atoms with Crippen molar-refractivity contribution in [3.8, 4) is 11.3 Å². The lowest BCUT2D eigenvalue weighted by Crippen LogP contribution is -2.43. The second-order valence-corrected chi connectivity index (χ2v) is 10.4. The van der Waals surface area contributed by atoms with Gasteiger partial charge in [-0.25, -0.2) is 9.59 Å². The first kappa shape index (κ1) is 23.0. The quantitative estimate of drug-likeness (QED) is 0.539. The first-order valence-electron chi connectivity index (χ1n) is 10.9. The summed E-state index contributed by atoms with van der Waals surface area (Å²) in [4.78, 5) is 28.1. The van der Waals surface area contributed by atoms with Crippen molar-refractivity contribution in [3.63, 3.8) is 0 Å². The molecular formula is C23H28ClN3O4S. The minimum absolute atomic E-state index is 0.0804. The fourth-order valence-corrected chi connectivity index (χ4v) is 5.58. The topological polar surface area (TPSA) is 73.7 Å². The van der Waals surface area contributed by atoms with Crippen LogP contribution in [0.1, 0.15) is 62.6 Å². The largest absolute Gasteiger partial charge is 0.461 e. The van der Waals surface area contributed by atoms with Crippen molar-refractivity contribution in [3.05, 3.63) is 34.5 Å². The summed E-state index contributed by atoms with van der Waals surface area (Å²) < 4.78 is 12.8. The molecule has 1 amide bonds. The monoisotopic (exact) mass is 477 g/mol. The smallest absolute Gasteiger partial charge is 0.410 e. The molecular weight excluding hydrogens is 450 g/mol. The van der Waals surface area contributed by atoms with Gasteiger partial charge in [-0.1, -0.05) is 23.7 Å². The minimum atomic E-state index is -0.557. The van der Waals surface area contributed by atoms with Crippen LogP contribution < -0.4 is 0 Å². The third-order valence-corrected chi connectivity index (χ3v) is 7.04. The second kappa shape index (κ2) is 8.98. The van der Waals surface area contributed by atoms with Gasteiger partial charge in [0.2, 0.25) is 0 Å². The number of aromatic nitrogens is 2. The Morgan fingerprint density at radius 2 is 2.09 bits per heavy atom.